The van der Waals surface area contributed by atoms with Crippen LogP contribution in [0.15, 0.2) is 101 Å². The van der Waals surface area contributed by atoms with E-state index in [-0.39, 0.29) is 12.1 Å². The van der Waals surface area contributed by atoms with E-state index in [0.29, 0.717) is 17.9 Å². The zero-order valence-electron chi connectivity index (χ0n) is 20.3. The molecule has 9 nitrogen and oxygen atoms in total. The minimum atomic E-state index is -0.591. The highest BCUT2D eigenvalue weighted by Gasteiger charge is 2.22. The summed E-state index contributed by atoms with van der Waals surface area (Å²) in [6, 6.07) is 23.8. The Hall–Kier alpha value is -4.79. The fourth-order valence-corrected chi connectivity index (χ4v) is 4.40. The maximum atomic E-state index is 13.6. The number of carbonyl (C=O) groups is 1. The van der Waals surface area contributed by atoms with Gasteiger partial charge in [-0.15, -0.1) is 0 Å². The number of fused-ring (bicyclic) bond motifs is 1. The molecule has 2 aromatic carbocycles. The molecule has 3 heterocycles. The van der Waals surface area contributed by atoms with Gasteiger partial charge in [0.1, 0.15) is 6.54 Å². The molecule has 0 radical (unpaired) electrons. The Morgan fingerprint density at radius 3 is 2.27 bits per heavy atom. The third-order valence-corrected chi connectivity index (χ3v) is 6.23. The Morgan fingerprint density at radius 1 is 0.892 bits per heavy atom. The minimum absolute atomic E-state index is 0.222. The molecule has 0 spiro atoms. The first-order valence-electron chi connectivity index (χ1n) is 12.0. The molecule has 0 saturated carbocycles. The van der Waals surface area contributed by atoms with Crippen molar-refractivity contribution in [2.45, 2.75) is 32.6 Å². The zero-order chi connectivity index (χ0) is 25.8. The van der Waals surface area contributed by atoms with Gasteiger partial charge in [-0.2, -0.15) is 0 Å². The smallest absolute Gasteiger partial charge is 0.333 e. The highest BCUT2D eigenvalue weighted by molar-refractivity contribution is 5.77. The van der Waals surface area contributed by atoms with Gasteiger partial charge in [0.15, 0.2) is 11.2 Å². The van der Waals surface area contributed by atoms with Crippen LogP contribution in [0.1, 0.15) is 29.8 Å². The average molecular weight is 495 g/mol. The van der Waals surface area contributed by atoms with Crippen LogP contribution in [-0.4, -0.2) is 29.6 Å². The van der Waals surface area contributed by atoms with Crippen molar-refractivity contribution in [3.05, 3.63) is 129 Å². The van der Waals surface area contributed by atoms with Crippen LogP contribution in [0.5, 0.6) is 0 Å². The van der Waals surface area contributed by atoms with E-state index in [1.807, 2.05) is 79.7 Å². The molecule has 0 aliphatic carbocycles. The second-order valence-electron chi connectivity index (χ2n) is 8.61. The molecule has 1 N–H and O–H groups in total. The van der Waals surface area contributed by atoms with Crippen LogP contribution in [0.25, 0.3) is 11.2 Å². The van der Waals surface area contributed by atoms with E-state index < -0.39 is 29.7 Å². The normalized spacial score (nSPS) is 11.9. The first-order chi connectivity index (χ1) is 18.1. The summed E-state index contributed by atoms with van der Waals surface area (Å²) in [6.45, 7) is 2.17. The van der Waals surface area contributed by atoms with Gasteiger partial charge >= 0.3 is 5.69 Å². The van der Waals surface area contributed by atoms with E-state index in [1.165, 1.54) is 4.57 Å². The van der Waals surface area contributed by atoms with E-state index in [1.54, 1.807) is 23.2 Å². The number of nitrogens with zero attached hydrogens (tertiary/aromatic N) is 5. The molecule has 0 unspecified atom stereocenters. The molecule has 37 heavy (non-hydrogen) atoms. The van der Waals surface area contributed by atoms with Crippen molar-refractivity contribution in [3.8, 4) is 0 Å². The molecular formula is C28H26N6O3. The van der Waals surface area contributed by atoms with Gasteiger partial charge in [-0.05, 0) is 30.2 Å². The largest absolute Gasteiger partial charge is 0.342 e. The number of benzene rings is 2. The lowest BCUT2D eigenvalue weighted by Gasteiger charge is -2.19. The number of imidazole rings is 1. The van der Waals surface area contributed by atoms with Crippen molar-refractivity contribution in [1.29, 1.82) is 0 Å². The summed E-state index contributed by atoms with van der Waals surface area (Å²) in [6.07, 6.45) is 3.20. The van der Waals surface area contributed by atoms with Crippen molar-refractivity contribution in [3.63, 3.8) is 0 Å². The molecule has 0 fully saturated rings. The van der Waals surface area contributed by atoms with Crippen LogP contribution in [0, 0.1) is 0 Å². The third-order valence-electron chi connectivity index (χ3n) is 6.23. The van der Waals surface area contributed by atoms with Gasteiger partial charge in [0, 0.05) is 12.7 Å². The van der Waals surface area contributed by atoms with Crippen molar-refractivity contribution in [2.24, 2.45) is 0 Å². The molecule has 1 atom stereocenters. The number of amides is 1. The summed E-state index contributed by atoms with van der Waals surface area (Å²) < 4.78 is 4.11. The molecule has 5 aromatic rings. The van der Waals surface area contributed by atoms with Gasteiger partial charge in [-0.1, -0.05) is 66.7 Å². The number of aromatic nitrogens is 5. The summed E-state index contributed by atoms with van der Waals surface area (Å²) in [4.78, 5) is 49.1. The standard InChI is InChI=1S/C28H26N6O3/c1-2-32-19-30-26-25(32)27(36)34(28(37)33(26)17-20-11-5-3-6-12-20)18-23(35)31-24(21-13-7-4-8-14-21)22-15-9-10-16-29-22/h3-16,19,24H,2,17-18H2,1H3,(H,31,35)/t24-/m1/s1. The maximum absolute atomic E-state index is 13.6. The van der Waals surface area contributed by atoms with Crippen LogP contribution < -0.4 is 16.6 Å². The number of nitrogens with one attached hydrogen (secondary N) is 1. The Morgan fingerprint density at radius 2 is 1.59 bits per heavy atom. The van der Waals surface area contributed by atoms with Gasteiger partial charge < -0.3 is 9.88 Å². The predicted molar refractivity (Wildman–Crippen MR) is 140 cm³/mol. The molecule has 0 aliphatic rings. The monoisotopic (exact) mass is 494 g/mol. The fraction of sp³-hybridized carbons (Fsp3) is 0.179. The second-order valence-corrected chi connectivity index (χ2v) is 8.61. The number of pyridine rings is 1. The van der Waals surface area contributed by atoms with E-state index in [4.69, 9.17) is 0 Å². The molecule has 9 heteroatoms. The van der Waals surface area contributed by atoms with Gasteiger partial charge in [-0.3, -0.25) is 19.1 Å². The van der Waals surface area contributed by atoms with E-state index in [0.717, 1.165) is 15.7 Å². The molecule has 0 aliphatic heterocycles. The van der Waals surface area contributed by atoms with Crippen LogP contribution >= 0.6 is 0 Å². The molecule has 0 saturated heterocycles. The number of aryl methyl sites for hydroxylation is 1. The summed E-state index contributed by atoms with van der Waals surface area (Å²) in [7, 11) is 0. The predicted octanol–water partition coefficient (Wildman–Crippen LogP) is 2.73. The highest BCUT2D eigenvalue weighted by Crippen LogP contribution is 2.20. The summed E-state index contributed by atoms with van der Waals surface area (Å²) >= 11 is 0. The first-order valence-corrected chi connectivity index (χ1v) is 12.0. The SMILES string of the molecule is CCn1cnc2c1c(=O)n(CC(=O)N[C@H](c1ccccc1)c1ccccn1)c(=O)n2Cc1ccccc1. The van der Waals surface area contributed by atoms with Gasteiger partial charge in [-0.25, -0.2) is 14.3 Å². The Labute approximate surface area is 212 Å². The highest BCUT2D eigenvalue weighted by atomic mass is 16.2. The third kappa shape index (κ3) is 4.84. The lowest BCUT2D eigenvalue weighted by molar-refractivity contribution is -0.122. The van der Waals surface area contributed by atoms with Gasteiger partial charge in [0.05, 0.1) is 24.6 Å². The Balaban J connectivity index is 1.54. The lowest BCUT2D eigenvalue weighted by atomic mass is 10.0. The summed E-state index contributed by atoms with van der Waals surface area (Å²) in [5.41, 5.74) is 1.81. The van der Waals surface area contributed by atoms with Crippen LogP contribution in [0.4, 0.5) is 0 Å². The maximum Gasteiger partial charge on any atom is 0.333 e. The molecular weight excluding hydrogens is 468 g/mol. The minimum Gasteiger partial charge on any atom is -0.342 e. The topological polar surface area (TPSA) is 104 Å². The van der Waals surface area contributed by atoms with Crippen molar-refractivity contribution in [1.82, 2.24) is 29.0 Å². The van der Waals surface area contributed by atoms with Crippen molar-refractivity contribution in [2.75, 3.05) is 0 Å². The molecule has 1 amide bonds. The van der Waals surface area contributed by atoms with Crippen LogP contribution in [-0.2, 0) is 24.4 Å². The van der Waals surface area contributed by atoms with E-state index in [9.17, 15) is 14.4 Å². The number of hydrogen-bond acceptors (Lipinski definition) is 5. The lowest BCUT2D eigenvalue weighted by Crippen LogP contribution is -2.45. The molecule has 3 aromatic heterocycles. The molecule has 5 rings (SSSR count). The van der Waals surface area contributed by atoms with Crippen molar-refractivity contribution < 1.29 is 4.79 Å². The van der Waals surface area contributed by atoms with Crippen molar-refractivity contribution >= 4 is 17.1 Å². The fourth-order valence-electron chi connectivity index (χ4n) is 4.40. The van der Waals surface area contributed by atoms with E-state index >= 15 is 0 Å². The Kier molecular flexibility index (Phi) is 6.76. The second kappa shape index (κ2) is 10.4. The van der Waals surface area contributed by atoms with Crippen LogP contribution in [0.3, 0.4) is 0 Å². The zero-order valence-corrected chi connectivity index (χ0v) is 20.3. The number of rotatable bonds is 8. The van der Waals surface area contributed by atoms with E-state index in [2.05, 4.69) is 15.3 Å². The quantitative estimate of drug-likeness (QED) is 0.357. The number of carbonyl (C=O) groups excluding carboxylic acids is 1. The van der Waals surface area contributed by atoms with Gasteiger partial charge in [0.25, 0.3) is 5.56 Å². The summed E-state index contributed by atoms with van der Waals surface area (Å²) in [5.74, 6) is -0.480. The summed E-state index contributed by atoms with van der Waals surface area (Å²) in [5, 5.41) is 2.96. The Bertz CT molecular complexity index is 1600. The van der Waals surface area contributed by atoms with Crippen LogP contribution in [0.2, 0.25) is 0 Å². The number of hydrogen-bond donors (Lipinski definition) is 1. The average Bonchev–Trinajstić information content (AvgIpc) is 3.38. The van der Waals surface area contributed by atoms with Gasteiger partial charge in [0.2, 0.25) is 5.91 Å². The first kappa shape index (κ1) is 23.9. The molecule has 0 bridgehead atoms. The molecule has 186 valence electrons.